The number of amides is 1. The van der Waals surface area contributed by atoms with Crippen molar-refractivity contribution in [3.8, 4) is 5.75 Å². The Morgan fingerprint density at radius 1 is 1.16 bits per heavy atom. The number of hydrogen-bond donors (Lipinski definition) is 3. The fourth-order valence-corrected chi connectivity index (χ4v) is 3.62. The summed E-state index contributed by atoms with van der Waals surface area (Å²) in [5.74, 6) is 0.943. The smallest absolute Gasteiger partial charge is 0.274 e. The highest BCUT2D eigenvalue weighted by Crippen LogP contribution is 2.30. The van der Waals surface area contributed by atoms with Crippen molar-refractivity contribution in [3.63, 3.8) is 0 Å². The molecule has 10 nitrogen and oxygen atoms in total. The summed E-state index contributed by atoms with van der Waals surface area (Å²) in [6.07, 6.45) is 0. The van der Waals surface area contributed by atoms with Gasteiger partial charge < -0.3 is 25.6 Å². The zero-order valence-electron chi connectivity index (χ0n) is 17.1. The van der Waals surface area contributed by atoms with E-state index in [9.17, 15) is 4.79 Å². The number of rotatable bonds is 6. The summed E-state index contributed by atoms with van der Waals surface area (Å²) < 4.78 is 6.02. The third-order valence-electron chi connectivity index (χ3n) is 4.65. The molecule has 3 aromatic rings. The van der Waals surface area contributed by atoms with Crippen LogP contribution in [0.3, 0.4) is 0 Å². The molecule has 0 saturated carbocycles. The number of halogens is 2. The van der Waals surface area contributed by atoms with Crippen molar-refractivity contribution in [1.29, 1.82) is 0 Å². The van der Waals surface area contributed by atoms with Crippen molar-refractivity contribution in [1.82, 2.24) is 25.3 Å². The second-order valence-corrected chi connectivity index (χ2v) is 7.96. The molecule has 1 amide bonds. The second-order valence-electron chi connectivity index (χ2n) is 6.80. The third kappa shape index (κ3) is 5.42. The molecule has 3 N–H and O–H groups in total. The van der Waals surface area contributed by atoms with Crippen LogP contribution >= 0.6 is 27.5 Å². The quantitative estimate of drug-likeness (QED) is 0.422. The Labute approximate surface area is 197 Å². The number of ether oxygens (including phenoxy) is 1. The highest BCUT2D eigenvalue weighted by atomic mass is 79.9. The lowest BCUT2D eigenvalue weighted by molar-refractivity contribution is 0.102. The molecule has 0 spiro atoms. The van der Waals surface area contributed by atoms with E-state index in [1.54, 1.807) is 36.4 Å². The highest BCUT2D eigenvalue weighted by molar-refractivity contribution is 9.10. The molecular formula is C20H20BrClN8O2. The van der Waals surface area contributed by atoms with E-state index in [4.69, 9.17) is 16.3 Å². The van der Waals surface area contributed by atoms with Crippen LogP contribution in [0.25, 0.3) is 0 Å². The van der Waals surface area contributed by atoms with Gasteiger partial charge in [-0.2, -0.15) is 15.0 Å². The Kier molecular flexibility index (Phi) is 6.98. The van der Waals surface area contributed by atoms with Crippen molar-refractivity contribution in [2.24, 2.45) is 0 Å². The number of pyridine rings is 1. The lowest BCUT2D eigenvalue weighted by Gasteiger charge is -2.27. The van der Waals surface area contributed by atoms with Gasteiger partial charge >= 0.3 is 0 Å². The number of piperazine rings is 1. The monoisotopic (exact) mass is 518 g/mol. The van der Waals surface area contributed by atoms with E-state index in [1.807, 2.05) is 4.90 Å². The number of aromatic nitrogens is 4. The van der Waals surface area contributed by atoms with E-state index in [1.165, 1.54) is 7.11 Å². The topological polar surface area (TPSA) is 117 Å². The van der Waals surface area contributed by atoms with Crippen molar-refractivity contribution < 1.29 is 9.53 Å². The minimum Gasteiger partial charge on any atom is -0.494 e. The Morgan fingerprint density at radius 3 is 2.72 bits per heavy atom. The number of hydrogen-bond acceptors (Lipinski definition) is 9. The van der Waals surface area contributed by atoms with Crippen LogP contribution in [0, 0.1) is 0 Å². The average Bonchev–Trinajstić information content (AvgIpc) is 2.80. The fraction of sp³-hybridized carbons (Fsp3) is 0.250. The van der Waals surface area contributed by atoms with E-state index in [-0.39, 0.29) is 16.9 Å². The Bertz CT molecular complexity index is 1130. The van der Waals surface area contributed by atoms with E-state index < -0.39 is 0 Å². The molecule has 4 rings (SSSR count). The number of benzene rings is 1. The third-order valence-corrected chi connectivity index (χ3v) is 5.26. The Balaban J connectivity index is 1.51. The van der Waals surface area contributed by atoms with E-state index in [0.717, 1.165) is 26.2 Å². The van der Waals surface area contributed by atoms with Gasteiger partial charge in [0, 0.05) is 37.9 Å². The molecule has 0 radical (unpaired) electrons. The summed E-state index contributed by atoms with van der Waals surface area (Å²) in [6.45, 7) is 3.28. The Hall–Kier alpha value is -3.02. The maximum atomic E-state index is 12.5. The predicted molar refractivity (Wildman–Crippen MR) is 126 cm³/mol. The molecule has 0 bridgehead atoms. The van der Waals surface area contributed by atoms with Gasteiger partial charge in [-0.3, -0.25) is 4.79 Å². The van der Waals surface area contributed by atoms with Gasteiger partial charge in [0.25, 0.3) is 5.91 Å². The van der Waals surface area contributed by atoms with Gasteiger partial charge in [-0.15, -0.1) is 0 Å². The first kappa shape index (κ1) is 22.2. The average molecular weight is 520 g/mol. The van der Waals surface area contributed by atoms with Crippen LogP contribution in [0.1, 0.15) is 10.5 Å². The van der Waals surface area contributed by atoms with Gasteiger partial charge in [0.05, 0.1) is 12.8 Å². The first-order valence-electron chi connectivity index (χ1n) is 9.78. The second kappa shape index (κ2) is 10.1. The van der Waals surface area contributed by atoms with Crippen LogP contribution in [0.5, 0.6) is 5.75 Å². The zero-order chi connectivity index (χ0) is 22.5. The lowest BCUT2D eigenvalue weighted by atomic mass is 10.2. The van der Waals surface area contributed by atoms with Crippen LogP contribution in [0.2, 0.25) is 5.28 Å². The molecular weight excluding hydrogens is 500 g/mol. The Morgan fingerprint density at radius 2 is 1.97 bits per heavy atom. The predicted octanol–water partition coefficient (Wildman–Crippen LogP) is 3.10. The molecule has 1 saturated heterocycles. The molecule has 0 unspecified atom stereocenters. The van der Waals surface area contributed by atoms with Gasteiger partial charge in [0.2, 0.25) is 17.2 Å². The molecule has 0 aliphatic carbocycles. The standard InChI is InChI=1S/C20H20BrClN8O2/c1-32-15-11-12(5-6-13(15)26-17(31)14-3-2-4-16(21)25-14)24-19-27-18(22)28-20(29-19)30-9-7-23-8-10-30/h2-6,11,23H,7-10H2,1H3,(H,26,31)(H,24,27,28,29). The van der Waals surface area contributed by atoms with E-state index >= 15 is 0 Å². The van der Waals surface area contributed by atoms with Gasteiger partial charge in [-0.25, -0.2) is 4.98 Å². The molecule has 2 aromatic heterocycles. The number of nitrogens with zero attached hydrogens (tertiary/aromatic N) is 5. The van der Waals surface area contributed by atoms with Gasteiger partial charge in [-0.1, -0.05) is 6.07 Å². The minimum absolute atomic E-state index is 0.105. The van der Waals surface area contributed by atoms with Crippen LogP contribution < -0.4 is 25.6 Å². The number of anilines is 4. The van der Waals surface area contributed by atoms with E-state index in [0.29, 0.717) is 33.6 Å². The molecule has 0 atom stereocenters. The molecule has 1 fully saturated rings. The fourth-order valence-electron chi connectivity index (χ4n) is 3.12. The SMILES string of the molecule is COc1cc(Nc2nc(Cl)nc(N3CCNCC3)n2)ccc1NC(=O)c1cccc(Br)n1. The summed E-state index contributed by atoms with van der Waals surface area (Å²) in [5.41, 5.74) is 1.44. The number of carbonyl (C=O) groups is 1. The summed E-state index contributed by atoms with van der Waals surface area (Å²) in [4.78, 5) is 31.6. The van der Waals surface area contributed by atoms with Gasteiger partial charge in [0.15, 0.2) is 0 Å². The van der Waals surface area contributed by atoms with Gasteiger partial charge in [0.1, 0.15) is 16.0 Å². The maximum absolute atomic E-state index is 12.5. The first-order chi connectivity index (χ1) is 15.5. The van der Waals surface area contributed by atoms with Crippen LogP contribution in [0.4, 0.5) is 23.3 Å². The minimum atomic E-state index is -0.352. The normalized spacial score (nSPS) is 13.5. The summed E-state index contributed by atoms with van der Waals surface area (Å²) >= 11 is 9.38. The number of methoxy groups -OCH3 is 1. The van der Waals surface area contributed by atoms with Crippen molar-refractivity contribution in [2.45, 2.75) is 0 Å². The highest BCUT2D eigenvalue weighted by Gasteiger charge is 2.16. The van der Waals surface area contributed by atoms with Crippen molar-refractivity contribution in [2.75, 3.05) is 48.8 Å². The van der Waals surface area contributed by atoms with E-state index in [2.05, 4.69) is 51.8 Å². The number of carbonyl (C=O) groups excluding carboxylic acids is 1. The lowest BCUT2D eigenvalue weighted by Crippen LogP contribution is -2.44. The van der Waals surface area contributed by atoms with Crippen LogP contribution in [-0.2, 0) is 0 Å². The summed E-state index contributed by atoms with van der Waals surface area (Å²) in [6, 6.07) is 10.3. The molecule has 3 heterocycles. The van der Waals surface area contributed by atoms with Crippen molar-refractivity contribution >= 4 is 56.7 Å². The van der Waals surface area contributed by atoms with Crippen LogP contribution in [-0.4, -0.2) is 59.1 Å². The first-order valence-corrected chi connectivity index (χ1v) is 10.9. The largest absolute Gasteiger partial charge is 0.494 e. The van der Waals surface area contributed by atoms with Crippen LogP contribution in [0.15, 0.2) is 41.0 Å². The van der Waals surface area contributed by atoms with Crippen molar-refractivity contribution in [3.05, 3.63) is 52.0 Å². The molecule has 166 valence electrons. The zero-order valence-corrected chi connectivity index (χ0v) is 19.4. The summed E-state index contributed by atoms with van der Waals surface area (Å²) in [7, 11) is 1.52. The molecule has 12 heteroatoms. The maximum Gasteiger partial charge on any atom is 0.274 e. The molecule has 1 aliphatic heterocycles. The molecule has 32 heavy (non-hydrogen) atoms. The molecule has 1 aromatic carbocycles. The number of nitrogens with one attached hydrogen (secondary N) is 3. The summed E-state index contributed by atoms with van der Waals surface area (Å²) in [5, 5.41) is 9.32. The molecule has 1 aliphatic rings. The van der Waals surface area contributed by atoms with Gasteiger partial charge in [-0.05, 0) is 51.8 Å².